The van der Waals surface area contributed by atoms with E-state index in [1.807, 2.05) is 18.2 Å². The summed E-state index contributed by atoms with van der Waals surface area (Å²) in [6.45, 7) is 0. The van der Waals surface area contributed by atoms with Crippen molar-refractivity contribution in [3.05, 3.63) is 48.9 Å². The van der Waals surface area contributed by atoms with Gasteiger partial charge in [-0.2, -0.15) is 10.2 Å². The summed E-state index contributed by atoms with van der Waals surface area (Å²) >= 11 is 11.4. The van der Waals surface area contributed by atoms with Crippen molar-refractivity contribution in [2.45, 2.75) is 10.6 Å². The Balaban J connectivity index is 1.77. The highest BCUT2D eigenvalue weighted by molar-refractivity contribution is 14.1. The van der Waals surface area contributed by atoms with Crippen LogP contribution in [0.15, 0.2) is 39.2 Å². The lowest BCUT2D eigenvalue weighted by Gasteiger charge is -2.21. The summed E-state index contributed by atoms with van der Waals surface area (Å²) in [5, 5.41) is 13.1. The lowest BCUT2D eigenvalue weighted by molar-refractivity contribution is 0.899. The van der Waals surface area contributed by atoms with Crippen molar-refractivity contribution in [1.29, 1.82) is 0 Å². The maximum absolute atomic E-state index is 11.9. The molecular formula is C13H10ClIN4OS2. The lowest BCUT2D eigenvalue weighted by atomic mass is 10.2. The van der Waals surface area contributed by atoms with Gasteiger partial charge in [0.25, 0.3) is 5.56 Å². The van der Waals surface area contributed by atoms with Gasteiger partial charge in [0, 0.05) is 21.4 Å². The number of aromatic nitrogens is 2. The van der Waals surface area contributed by atoms with Crippen LogP contribution in [0.25, 0.3) is 0 Å². The molecule has 0 amide bonds. The largest absolute Gasteiger partial charge is 0.280 e. The molecule has 1 N–H and O–H groups in total. The molecule has 0 atom stereocenters. The molecule has 2 heterocycles. The van der Waals surface area contributed by atoms with Crippen molar-refractivity contribution in [3.63, 3.8) is 0 Å². The number of hydrazone groups is 1. The third kappa shape index (κ3) is 3.44. The number of hydrogen-bond acceptors (Lipinski definition) is 6. The average molecular weight is 465 g/mol. The van der Waals surface area contributed by atoms with Gasteiger partial charge in [0.1, 0.15) is 4.90 Å². The number of benzene rings is 1. The molecule has 114 valence electrons. The zero-order valence-corrected chi connectivity index (χ0v) is 15.9. The fourth-order valence-electron chi connectivity index (χ4n) is 1.83. The molecule has 22 heavy (non-hydrogen) atoms. The van der Waals surface area contributed by atoms with Crippen LogP contribution in [0.1, 0.15) is 5.56 Å². The van der Waals surface area contributed by atoms with Crippen LogP contribution in [-0.4, -0.2) is 21.6 Å². The number of fused-ring (bicyclic) bond motifs is 1. The number of nitrogens with one attached hydrogen (secondary N) is 1. The van der Waals surface area contributed by atoms with Crippen molar-refractivity contribution in [3.8, 4) is 0 Å². The smallest absolute Gasteiger partial charge is 0.267 e. The monoisotopic (exact) mass is 464 g/mol. The van der Waals surface area contributed by atoms with Crippen LogP contribution in [0.5, 0.6) is 0 Å². The average Bonchev–Trinajstić information content (AvgIpc) is 2.47. The van der Waals surface area contributed by atoms with Gasteiger partial charge in [-0.15, -0.1) is 0 Å². The number of anilines is 1. The molecule has 0 saturated carbocycles. The Morgan fingerprint density at radius 2 is 2.32 bits per heavy atom. The first kappa shape index (κ1) is 16.2. The second kappa shape index (κ2) is 6.81. The van der Waals surface area contributed by atoms with Gasteiger partial charge in [0.15, 0.2) is 4.38 Å². The Morgan fingerprint density at radius 1 is 1.50 bits per heavy atom. The molecule has 0 bridgehead atoms. The van der Waals surface area contributed by atoms with Crippen LogP contribution in [-0.2, 0) is 5.75 Å². The summed E-state index contributed by atoms with van der Waals surface area (Å²) in [4.78, 5) is 12.5. The van der Waals surface area contributed by atoms with Gasteiger partial charge in [0.05, 0.1) is 11.9 Å². The van der Waals surface area contributed by atoms with E-state index < -0.39 is 0 Å². The van der Waals surface area contributed by atoms with Crippen LogP contribution < -0.4 is 10.6 Å². The van der Waals surface area contributed by atoms with E-state index in [0.29, 0.717) is 16.3 Å². The van der Waals surface area contributed by atoms with E-state index in [1.54, 1.807) is 30.0 Å². The highest BCUT2D eigenvalue weighted by Gasteiger charge is 2.21. The second-order valence-electron chi connectivity index (χ2n) is 4.43. The predicted octanol–water partition coefficient (Wildman–Crippen LogP) is 3.77. The van der Waals surface area contributed by atoms with E-state index in [1.165, 1.54) is 11.8 Å². The molecule has 0 aliphatic carbocycles. The van der Waals surface area contributed by atoms with Crippen LogP contribution in [0.2, 0.25) is 5.02 Å². The Bertz CT molecular complexity index is 811. The Labute approximate surface area is 154 Å². The summed E-state index contributed by atoms with van der Waals surface area (Å²) in [5.41, 5.74) is 1.56. The molecule has 1 aliphatic rings. The Kier molecular flexibility index (Phi) is 5.00. The van der Waals surface area contributed by atoms with Gasteiger partial charge in [0.2, 0.25) is 0 Å². The van der Waals surface area contributed by atoms with Crippen molar-refractivity contribution < 1.29 is 0 Å². The van der Waals surface area contributed by atoms with E-state index in [4.69, 9.17) is 11.6 Å². The molecule has 2 aromatic rings. The van der Waals surface area contributed by atoms with Gasteiger partial charge >= 0.3 is 0 Å². The van der Waals surface area contributed by atoms with Crippen LogP contribution in [0.3, 0.4) is 0 Å². The number of hydrogen-bond donors (Lipinski definition) is 1. The molecule has 0 unspecified atom stereocenters. The highest BCUT2D eigenvalue weighted by atomic mass is 127. The summed E-state index contributed by atoms with van der Waals surface area (Å²) < 4.78 is 1.91. The fraction of sp³-hybridized carbons (Fsp3) is 0.154. The van der Waals surface area contributed by atoms with Crippen LogP contribution in [0, 0.1) is 3.57 Å². The lowest BCUT2D eigenvalue weighted by Crippen LogP contribution is -2.22. The topological polar surface area (TPSA) is 61.4 Å². The van der Waals surface area contributed by atoms with Gasteiger partial charge in [-0.25, -0.2) is 5.10 Å². The normalized spacial score (nSPS) is 13.8. The molecule has 1 aliphatic heterocycles. The summed E-state index contributed by atoms with van der Waals surface area (Å²) in [5.74, 6) is 0.702. The maximum Gasteiger partial charge on any atom is 0.280 e. The van der Waals surface area contributed by atoms with Crippen molar-refractivity contribution in [2.75, 3.05) is 12.1 Å². The molecule has 3 rings (SSSR count). The van der Waals surface area contributed by atoms with Crippen molar-refractivity contribution in [1.82, 2.24) is 10.2 Å². The van der Waals surface area contributed by atoms with Crippen LogP contribution in [0.4, 0.5) is 5.69 Å². The third-order valence-corrected chi connectivity index (χ3v) is 6.19. The molecule has 9 heteroatoms. The number of thioether (sulfide) groups is 2. The highest BCUT2D eigenvalue weighted by Crippen LogP contribution is 2.36. The maximum atomic E-state index is 11.9. The SMILES string of the molecule is CN1N=C(SCc2ccc(I)cc2Cl)Sc2c1cn[nH]c2=O. The number of halogens is 2. The first-order chi connectivity index (χ1) is 10.5. The van der Waals surface area contributed by atoms with E-state index in [9.17, 15) is 4.79 Å². The summed E-state index contributed by atoms with van der Waals surface area (Å²) in [6, 6.07) is 5.97. The fourth-order valence-corrected chi connectivity index (χ4v) is 4.97. The Hall–Kier alpha value is -0.710. The molecule has 0 fully saturated rings. The third-order valence-electron chi connectivity index (χ3n) is 2.93. The van der Waals surface area contributed by atoms with Crippen LogP contribution >= 0.6 is 57.7 Å². The number of aromatic amines is 1. The van der Waals surface area contributed by atoms with Gasteiger partial charge in [-0.05, 0) is 40.3 Å². The summed E-state index contributed by atoms with van der Waals surface area (Å²) in [6.07, 6.45) is 1.60. The standard InChI is InChI=1S/C13H10ClIN4OS2/c1-19-10-5-16-17-12(20)11(10)22-13(18-19)21-6-7-2-3-8(15)4-9(7)14/h2-5H,6H2,1H3,(H,17,20). The summed E-state index contributed by atoms with van der Waals surface area (Å²) in [7, 11) is 1.80. The van der Waals surface area contributed by atoms with Crippen molar-refractivity contribution >= 4 is 67.8 Å². The minimum atomic E-state index is -0.199. The van der Waals surface area contributed by atoms with E-state index >= 15 is 0 Å². The zero-order chi connectivity index (χ0) is 15.7. The quantitative estimate of drug-likeness (QED) is 0.686. The van der Waals surface area contributed by atoms with Gasteiger partial charge in [-0.3, -0.25) is 9.80 Å². The first-order valence-electron chi connectivity index (χ1n) is 6.19. The molecule has 0 radical (unpaired) electrons. The van der Waals surface area contributed by atoms with Gasteiger partial charge in [-0.1, -0.05) is 41.2 Å². The zero-order valence-electron chi connectivity index (χ0n) is 11.3. The molecular weight excluding hydrogens is 455 g/mol. The molecule has 1 aromatic carbocycles. The first-order valence-corrected chi connectivity index (χ1v) is 9.45. The molecule has 0 saturated heterocycles. The number of rotatable bonds is 2. The second-order valence-corrected chi connectivity index (χ2v) is 8.30. The van der Waals surface area contributed by atoms with E-state index in [2.05, 4.69) is 37.9 Å². The van der Waals surface area contributed by atoms with Crippen molar-refractivity contribution in [2.24, 2.45) is 5.10 Å². The molecule has 0 spiro atoms. The van der Waals surface area contributed by atoms with E-state index in [0.717, 1.165) is 18.5 Å². The molecule has 5 nitrogen and oxygen atoms in total. The number of nitrogens with zero attached hydrogens (tertiary/aromatic N) is 3. The van der Waals surface area contributed by atoms with E-state index in [-0.39, 0.29) is 5.56 Å². The molecule has 1 aromatic heterocycles. The minimum Gasteiger partial charge on any atom is -0.267 e. The number of H-pyrrole nitrogens is 1. The Morgan fingerprint density at radius 3 is 3.09 bits per heavy atom. The van der Waals surface area contributed by atoms with Gasteiger partial charge < -0.3 is 0 Å². The predicted molar refractivity (Wildman–Crippen MR) is 102 cm³/mol. The minimum absolute atomic E-state index is 0.199.